The summed E-state index contributed by atoms with van der Waals surface area (Å²) in [5.74, 6) is -1.21. The number of fused-ring (bicyclic) bond motifs is 2. The zero-order valence-corrected chi connectivity index (χ0v) is 24.0. The van der Waals surface area contributed by atoms with Crippen molar-refractivity contribution in [3.63, 3.8) is 0 Å². The van der Waals surface area contributed by atoms with E-state index < -0.39 is 17.7 Å². The van der Waals surface area contributed by atoms with Gasteiger partial charge in [-0.05, 0) is 43.4 Å². The minimum Gasteiger partial charge on any atom is -0.459 e. The highest BCUT2D eigenvalue weighted by Crippen LogP contribution is 2.40. The number of halogens is 2. The molecular formula is C28H24ClFN10O4. The molecule has 0 aromatic carbocycles. The molecule has 0 saturated heterocycles. The van der Waals surface area contributed by atoms with E-state index in [1.165, 1.54) is 33.2 Å². The van der Waals surface area contributed by atoms with Gasteiger partial charge >= 0.3 is 11.9 Å². The van der Waals surface area contributed by atoms with E-state index in [4.69, 9.17) is 25.7 Å². The molecular weight excluding hydrogens is 595 g/mol. The van der Waals surface area contributed by atoms with Gasteiger partial charge in [0.1, 0.15) is 11.2 Å². The summed E-state index contributed by atoms with van der Waals surface area (Å²) >= 11 is 5.90. The van der Waals surface area contributed by atoms with Crippen LogP contribution < -0.4 is 5.32 Å². The Morgan fingerprint density at radius 3 is 2.86 bits per heavy atom. The maximum atomic E-state index is 14.5. The van der Waals surface area contributed by atoms with Gasteiger partial charge in [0, 0.05) is 24.2 Å². The predicted octanol–water partition coefficient (Wildman–Crippen LogP) is 3.37. The molecule has 7 rings (SSSR count). The number of carbonyl (C=O) groups is 2. The van der Waals surface area contributed by atoms with Crippen LogP contribution in [0.4, 0.5) is 4.39 Å². The second kappa shape index (κ2) is 11.1. The molecule has 14 nitrogen and oxygen atoms in total. The molecule has 16 heteroatoms. The molecule has 1 N–H and O–H groups in total. The van der Waals surface area contributed by atoms with E-state index in [2.05, 4.69) is 43.1 Å². The fourth-order valence-corrected chi connectivity index (χ4v) is 5.11. The van der Waals surface area contributed by atoms with Crippen molar-refractivity contribution < 1.29 is 23.1 Å². The Balaban J connectivity index is 1.07. The Bertz CT molecular complexity index is 2040. The molecule has 0 aliphatic heterocycles. The maximum absolute atomic E-state index is 14.5. The van der Waals surface area contributed by atoms with Crippen LogP contribution in [0.1, 0.15) is 75.3 Å². The molecule has 0 radical (unpaired) electrons. The second-order valence-electron chi connectivity index (χ2n) is 10.3. The van der Waals surface area contributed by atoms with E-state index >= 15 is 0 Å². The molecule has 1 amide bonds. The molecule has 0 unspecified atom stereocenters. The van der Waals surface area contributed by atoms with Gasteiger partial charge in [-0.15, -0.1) is 15.3 Å². The van der Waals surface area contributed by atoms with Gasteiger partial charge in [0.05, 0.1) is 55.1 Å². The van der Waals surface area contributed by atoms with Crippen molar-refractivity contribution in [2.45, 2.75) is 45.2 Å². The molecule has 6 heterocycles. The summed E-state index contributed by atoms with van der Waals surface area (Å²) in [6.07, 6.45) is 11.0. The average Bonchev–Trinajstić information content (AvgIpc) is 3.36. The Labute approximate surface area is 252 Å². The van der Waals surface area contributed by atoms with E-state index in [1.54, 1.807) is 13.1 Å². The molecule has 1 saturated carbocycles. The van der Waals surface area contributed by atoms with Crippen molar-refractivity contribution in [2.75, 3.05) is 6.61 Å². The zero-order chi connectivity index (χ0) is 30.4. The summed E-state index contributed by atoms with van der Waals surface area (Å²) in [6, 6.07) is 3.51. The molecule has 6 aromatic rings. The molecule has 0 atom stereocenters. The number of imidazole rings is 2. The van der Waals surface area contributed by atoms with Crippen LogP contribution in [0.15, 0.2) is 47.7 Å². The SMILES string of the molecule is CCOC(=O)c1nnc(Cc2cc(C3CC3)cn3cc(Cn4cc(C(=O)NCc5ncn6ccc(Cl)c(F)c56)nn4)nc23)o1. The predicted molar refractivity (Wildman–Crippen MR) is 151 cm³/mol. The van der Waals surface area contributed by atoms with Gasteiger partial charge < -0.3 is 23.3 Å². The number of amides is 1. The van der Waals surface area contributed by atoms with Crippen molar-refractivity contribution >= 4 is 34.6 Å². The summed E-state index contributed by atoms with van der Waals surface area (Å²) in [7, 11) is 0. The Kier molecular flexibility index (Phi) is 7.00. The summed E-state index contributed by atoms with van der Waals surface area (Å²) in [6.45, 7) is 2.13. The molecule has 224 valence electrons. The van der Waals surface area contributed by atoms with Crippen molar-refractivity contribution in [1.29, 1.82) is 0 Å². The van der Waals surface area contributed by atoms with Crippen LogP contribution >= 0.6 is 11.6 Å². The third-order valence-corrected chi connectivity index (χ3v) is 7.48. The van der Waals surface area contributed by atoms with Gasteiger partial charge in [-0.1, -0.05) is 16.8 Å². The van der Waals surface area contributed by atoms with E-state index in [0.717, 1.165) is 18.4 Å². The highest BCUT2D eigenvalue weighted by Gasteiger charge is 2.26. The number of rotatable bonds is 10. The van der Waals surface area contributed by atoms with Crippen LogP contribution in [0, 0.1) is 5.82 Å². The number of nitrogens with one attached hydrogen (secondary N) is 1. The minimum atomic E-state index is -0.666. The first-order valence-electron chi connectivity index (χ1n) is 13.8. The zero-order valence-electron chi connectivity index (χ0n) is 23.3. The summed E-state index contributed by atoms with van der Waals surface area (Å²) in [4.78, 5) is 33.7. The number of esters is 1. The summed E-state index contributed by atoms with van der Waals surface area (Å²) in [5.41, 5.74) is 4.02. The topological polar surface area (TPSA) is 160 Å². The number of hydrogen-bond donors (Lipinski definition) is 1. The smallest absolute Gasteiger partial charge is 0.396 e. The minimum absolute atomic E-state index is 0.0284. The third-order valence-electron chi connectivity index (χ3n) is 7.19. The highest BCUT2D eigenvalue weighted by molar-refractivity contribution is 6.31. The quantitative estimate of drug-likeness (QED) is 0.225. The highest BCUT2D eigenvalue weighted by atomic mass is 35.5. The average molecular weight is 619 g/mol. The Morgan fingerprint density at radius 2 is 2.05 bits per heavy atom. The molecule has 44 heavy (non-hydrogen) atoms. The molecule has 1 fully saturated rings. The first-order chi connectivity index (χ1) is 21.4. The molecule has 1 aliphatic rings. The third kappa shape index (κ3) is 5.37. The van der Waals surface area contributed by atoms with Gasteiger partial charge in [0.2, 0.25) is 5.89 Å². The lowest BCUT2D eigenvalue weighted by Crippen LogP contribution is -2.23. The number of pyridine rings is 2. The maximum Gasteiger partial charge on any atom is 0.396 e. The second-order valence-corrected chi connectivity index (χ2v) is 10.8. The van der Waals surface area contributed by atoms with E-state index in [9.17, 15) is 14.0 Å². The number of nitrogens with zero attached hydrogens (tertiary/aromatic N) is 9. The van der Waals surface area contributed by atoms with E-state index in [0.29, 0.717) is 23.0 Å². The first kappa shape index (κ1) is 27.6. The monoisotopic (exact) mass is 618 g/mol. The molecule has 1 aliphatic carbocycles. The number of hydrogen-bond acceptors (Lipinski definition) is 10. The summed E-state index contributed by atoms with van der Waals surface area (Å²) < 4.78 is 30.0. The van der Waals surface area contributed by atoms with Gasteiger partial charge in [0.15, 0.2) is 11.5 Å². The van der Waals surface area contributed by atoms with Crippen molar-refractivity contribution in [1.82, 2.24) is 49.3 Å². The van der Waals surface area contributed by atoms with Gasteiger partial charge in [-0.2, -0.15) is 0 Å². The molecule has 0 bridgehead atoms. The number of ether oxygens (including phenoxy) is 1. The fraction of sp³-hybridized carbons (Fsp3) is 0.286. The van der Waals surface area contributed by atoms with Crippen molar-refractivity contribution in [2.24, 2.45) is 0 Å². The standard InChI is InChI=1S/C28H24ClFN10O4/c1-2-43-28(42)27-36-35-22(44-27)8-16-7-17(15-3-4-15)10-39-11-18(33-25(16)39)12-40-13-21(34-37-40)26(41)31-9-20-24-23(30)19(29)5-6-38(24)14-32-20/h5-7,10-11,13-15H,2-4,8-9,12H2,1H3,(H,31,41). The van der Waals surface area contributed by atoms with E-state index in [-0.39, 0.29) is 54.1 Å². The van der Waals surface area contributed by atoms with Crippen molar-refractivity contribution in [3.8, 4) is 0 Å². The van der Waals surface area contributed by atoms with E-state index in [1.807, 2.05) is 10.6 Å². The number of aromatic nitrogens is 9. The lowest BCUT2D eigenvalue weighted by Gasteiger charge is -2.06. The van der Waals surface area contributed by atoms with Gasteiger partial charge in [0.25, 0.3) is 5.91 Å². The van der Waals surface area contributed by atoms with Crippen LogP contribution in [-0.2, 0) is 24.2 Å². The normalized spacial score (nSPS) is 13.2. The van der Waals surface area contributed by atoms with Crippen molar-refractivity contribution in [3.05, 3.63) is 94.1 Å². The lowest BCUT2D eigenvalue weighted by molar-refractivity contribution is 0.0478. The Morgan fingerprint density at radius 1 is 1.18 bits per heavy atom. The molecule has 6 aromatic heterocycles. The van der Waals surface area contributed by atoms with Crippen LogP contribution in [-0.4, -0.2) is 62.4 Å². The van der Waals surface area contributed by atoms with Crippen LogP contribution in [0.3, 0.4) is 0 Å². The fourth-order valence-electron chi connectivity index (χ4n) is 4.97. The van der Waals surface area contributed by atoms with Crippen LogP contribution in [0.2, 0.25) is 5.02 Å². The van der Waals surface area contributed by atoms with Crippen LogP contribution in [0.25, 0.3) is 11.2 Å². The van der Waals surface area contributed by atoms with Crippen LogP contribution in [0.5, 0.6) is 0 Å². The lowest BCUT2D eigenvalue weighted by atomic mass is 10.1. The van der Waals surface area contributed by atoms with Gasteiger partial charge in [-0.25, -0.2) is 23.8 Å². The number of carbonyl (C=O) groups excluding carboxylic acids is 2. The molecule has 0 spiro atoms. The largest absolute Gasteiger partial charge is 0.459 e. The van der Waals surface area contributed by atoms with Gasteiger partial charge in [-0.3, -0.25) is 4.79 Å². The summed E-state index contributed by atoms with van der Waals surface area (Å²) in [5, 5.41) is 18.6. The Hall–Kier alpha value is -5.18. The first-order valence-corrected chi connectivity index (χ1v) is 14.2.